The van der Waals surface area contributed by atoms with E-state index in [1.807, 2.05) is 0 Å². The minimum absolute atomic E-state index is 0.360. The lowest BCUT2D eigenvalue weighted by Crippen LogP contribution is -2.24. The van der Waals surface area contributed by atoms with Crippen LogP contribution < -0.4 is 0 Å². The van der Waals surface area contributed by atoms with Crippen molar-refractivity contribution in [2.45, 2.75) is 25.7 Å². The molecule has 0 spiro atoms. The zero-order valence-corrected chi connectivity index (χ0v) is 8.86. The Bertz CT molecular complexity index is 200. The van der Waals surface area contributed by atoms with E-state index in [0.29, 0.717) is 6.61 Å². The molecule has 0 aromatic carbocycles. The van der Waals surface area contributed by atoms with Crippen LogP contribution in [0, 0.1) is 23.7 Å². The summed E-state index contributed by atoms with van der Waals surface area (Å²) in [7, 11) is 0. The van der Waals surface area contributed by atoms with Crippen LogP contribution in [-0.4, -0.2) is 36.2 Å². The van der Waals surface area contributed by atoms with Gasteiger partial charge in [-0.15, -0.1) is 0 Å². The molecule has 2 heteroatoms. The van der Waals surface area contributed by atoms with Crippen molar-refractivity contribution >= 4 is 0 Å². The molecule has 0 radical (unpaired) electrons. The van der Waals surface area contributed by atoms with E-state index >= 15 is 0 Å². The molecular formula is C12H21NO. The lowest BCUT2D eigenvalue weighted by Gasteiger charge is -2.22. The van der Waals surface area contributed by atoms with Crippen LogP contribution in [-0.2, 0) is 0 Å². The zero-order chi connectivity index (χ0) is 9.54. The normalized spacial score (nSPS) is 46.1. The van der Waals surface area contributed by atoms with E-state index in [1.54, 1.807) is 6.42 Å². The molecule has 1 aliphatic heterocycles. The summed E-state index contributed by atoms with van der Waals surface area (Å²) >= 11 is 0. The fourth-order valence-corrected chi connectivity index (χ4v) is 4.25. The van der Waals surface area contributed by atoms with Crippen LogP contribution in [0.1, 0.15) is 25.7 Å². The number of hydrogen-bond donors (Lipinski definition) is 1. The van der Waals surface area contributed by atoms with Gasteiger partial charge in [-0.3, -0.25) is 0 Å². The van der Waals surface area contributed by atoms with Gasteiger partial charge >= 0.3 is 0 Å². The third kappa shape index (κ3) is 1.31. The number of hydrogen-bond acceptors (Lipinski definition) is 2. The van der Waals surface area contributed by atoms with E-state index in [9.17, 15) is 0 Å². The third-order valence-electron chi connectivity index (χ3n) is 4.85. The molecule has 2 saturated carbocycles. The second-order valence-electron chi connectivity index (χ2n) is 5.50. The SMILES string of the molecule is OCCCN1C[C@@H]2C3CCC(C3)[C@@H]2C1. The molecular weight excluding hydrogens is 174 g/mol. The van der Waals surface area contributed by atoms with Crippen LogP contribution in [0.2, 0.25) is 0 Å². The molecule has 14 heavy (non-hydrogen) atoms. The molecule has 80 valence electrons. The summed E-state index contributed by atoms with van der Waals surface area (Å²) in [6.45, 7) is 4.17. The van der Waals surface area contributed by atoms with Gasteiger partial charge in [0.1, 0.15) is 0 Å². The van der Waals surface area contributed by atoms with Crippen LogP contribution in [0.5, 0.6) is 0 Å². The summed E-state index contributed by atoms with van der Waals surface area (Å²) in [6, 6.07) is 0. The van der Waals surface area contributed by atoms with E-state index in [-0.39, 0.29) is 0 Å². The largest absolute Gasteiger partial charge is 0.396 e. The molecule has 2 aliphatic carbocycles. The third-order valence-corrected chi connectivity index (χ3v) is 4.85. The Balaban J connectivity index is 1.60. The number of fused-ring (bicyclic) bond motifs is 5. The van der Waals surface area contributed by atoms with Crippen LogP contribution >= 0.6 is 0 Å². The highest BCUT2D eigenvalue weighted by atomic mass is 16.3. The summed E-state index contributed by atoms with van der Waals surface area (Å²) in [5.74, 6) is 4.22. The average Bonchev–Trinajstić information content (AvgIpc) is 2.85. The Morgan fingerprint density at radius 2 is 1.71 bits per heavy atom. The van der Waals surface area contributed by atoms with Crippen molar-refractivity contribution in [2.75, 3.05) is 26.2 Å². The number of nitrogens with zero attached hydrogens (tertiary/aromatic N) is 1. The Morgan fingerprint density at radius 1 is 1.07 bits per heavy atom. The topological polar surface area (TPSA) is 23.5 Å². The minimum Gasteiger partial charge on any atom is -0.396 e. The quantitative estimate of drug-likeness (QED) is 0.734. The van der Waals surface area contributed by atoms with Gasteiger partial charge in [0.25, 0.3) is 0 Å². The second-order valence-corrected chi connectivity index (χ2v) is 5.50. The second kappa shape index (κ2) is 3.49. The molecule has 1 saturated heterocycles. The Morgan fingerprint density at radius 3 is 2.29 bits per heavy atom. The Hall–Kier alpha value is -0.0800. The van der Waals surface area contributed by atoms with E-state index in [0.717, 1.165) is 36.6 Å². The van der Waals surface area contributed by atoms with Crippen molar-refractivity contribution < 1.29 is 5.11 Å². The van der Waals surface area contributed by atoms with E-state index < -0.39 is 0 Å². The number of aliphatic hydroxyl groups is 1. The van der Waals surface area contributed by atoms with Crippen molar-refractivity contribution in [3.63, 3.8) is 0 Å². The molecule has 0 aromatic heterocycles. The predicted molar refractivity (Wildman–Crippen MR) is 56.0 cm³/mol. The highest BCUT2D eigenvalue weighted by Crippen LogP contribution is 2.54. The Labute approximate surface area is 86.3 Å². The summed E-state index contributed by atoms with van der Waals surface area (Å²) in [6.07, 6.45) is 5.54. The lowest BCUT2D eigenvalue weighted by atomic mass is 9.82. The molecule has 3 fully saturated rings. The van der Waals surface area contributed by atoms with Gasteiger partial charge in [-0.1, -0.05) is 0 Å². The first kappa shape index (κ1) is 9.17. The maximum atomic E-state index is 8.82. The minimum atomic E-state index is 0.360. The molecule has 4 atom stereocenters. The fourth-order valence-electron chi connectivity index (χ4n) is 4.25. The summed E-state index contributed by atoms with van der Waals surface area (Å²) in [4.78, 5) is 2.59. The number of rotatable bonds is 3. The first-order valence-corrected chi connectivity index (χ1v) is 6.21. The van der Waals surface area contributed by atoms with Crippen molar-refractivity contribution in [2.24, 2.45) is 23.7 Å². The molecule has 0 amide bonds. The molecule has 2 bridgehead atoms. The van der Waals surface area contributed by atoms with Gasteiger partial charge in [0.05, 0.1) is 0 Å². The molecule has 2 unspecified atom stereocenters. The van der Waals surface area contributed by atoms with Gasteiger partial charge < -0.3 is 10.0 Å². The predicted octanol–water partition coefficient (Wildman–Crippen LogP) is 1.35. The van der Waals surface area contributed by atoms with Crippen LogP contribution in [0.3, 0.4) is 0 Å². The monoisotopic (exact) mass is 195 g/mol. The van der Waals surface area contributed by atoms with Crippen molar-refractivity contribution in [3.8, 4) is 0 Å². The smallest absolute Gasteiger partial charge is 0.0443 e. The first-order chi connectivity index (χ1) is 6.88. The van der Waals surface area contributed by atoms with Crippen molar-refractivity contribution in [1.29, 1.82) is 0 Å². The maximum Gasteiger partial charge on any atom is 0.0443 e. The van der Waals surface area contributed by atoms with Gasteiger partial charge in [-0.25, -0.2) is 0 Å². The highest BCUT2D eigenvalue weighted by Gasteiger charge is 2.51. The molecule has 0 aromatic rings. The Kier molecular flexibility index (Phi) is 2.29. The van der Waals surface area contributed by atoms with Crippen LogP contribution in [0.25, 0.3) is 0 Å². The highest BCUT2D eigenvalue weighted by molar-refractivity contribution is 5.01. The fraction of sp³-hybridized carbons (Fsp3) is 1.00. The molecule has 2 nitrogen and oxygen atoms in total. The average molecular weight is 195 g/mol. The van der Waals surface area contributed by atoms with E-state index in [4.69, 9.17) is 5.11 Å². The maximum absolute atomic E-state index is 8.82. The van der Waals surface area contributed by atoms with Gasteiger partial charge in [-0.2, -0.15) is 0 Å². The lowest BCUT2D eigenvalue weighted by molar-refractivity contribution is 0.235. The van der Waals surface area contributed by atoms with Crippen molar-refractivity contribution in [3.05, 3.63) is 0 Å². The molecule has 3 aliphatic rings. The van der Waals surface area contributed by atoms with E-state index in [1.165, 1.54) is 25.9 Å². The molecule has 1 N–H and O–H groups in total. The van der Waals surface area contributed by atoms with Gasteiger partial charge in [0, 0.05) is 26.2 Å². The van der Waals surface area contributed by atoms with Gasteiger partial charge in [-0.05, 0) is 49.4 Å². The van der Waals surface area contributed by atoms with Gasteiger partial charge in [0.15, 0.2) is 0 Å². The zero-order valence-electron chi connectivity index (χ0n) is 8.86. The van der Waals surface area contributed by atoms with Crippen LogP contribution in [0.4, 0.5) is 0 Å². The number of likely N-dealkylation sites (tertiary alicyclic amines) is 1. The van der Waals surface area contributed by atoms with Crippen molar-refractivity contribution in [1.82, 2.24) is 4.90 Å². The van der Waals surface area contributed by atoms with E-state index in [2.05, 4.69) is 4.90 Å². The van der Waals surface area contributed by atoms with Gasteiger partial charge in [0.2, 0.25) is 0 Å². The molecule has 1 heterocycles. The van der Waals surface area contributed by atoms with Crippen LogP contribution in [0.15, 0.2) is 0 Å². The first-order valence-electron chi connectivity index (χ1n) is 6.21. The number of aliphatic hydroxyl groups excluding tert-OH is 1. The summed E-state index contributed by atoms with van der Waals surface area (Å²) < 4.78 is 0. The molecule has 3 rings (SSSR count). The summed E-state index contributed by atoms with van der Waals surface area (Å²) in [5.41, 5.74) is 0. The standard InChI is InChI=1S/C12H21NO/c14-5-1-4-13-7-11-9-2-3-10(6-9)12(11)8-13/h9-12,14H,1-8H2/t9?,10?,11-,12+. The summed E-state index contributed by atoms with van der Waals surface area (Å²) in [5, 5.41) is 8.82.